The van der Waals surface area contributed by atoms with Gasteiger partial charge in [0.05, 0.1) is 6.42 Å². The fourth-order valence-electron chi connectivity index (χ4n) is 1.66. The molecule has 0 aromatic rings. The van der Waals surface area contributed by atoms with Crippen molar-refractivity contribution in [3.63, 3.8) is 0 Å². The van der Waals surface area contributed by atoms with Gasteiger partial charge in [0.15, 0.2) is 0 Å². The molecule has 120 valence electrons. The van der Waals surface area contributed by atoms with Gasteiger partial charge in [-0.2, -0.15) is 0 Å². The maximum absolute atomic E-state index is 12.4. The summed E-state index contributed by atoms with van der Waals surface area (Å²) in [6, 6.07) is -0.665. The molecule has 0 bridgehead atoms. The van der Waals surface area contributed by atoms with Crippen LogP contribution in [0, 0.1) is 0 Å². The van der Waals surface area contributed by atoms with Crippen LogP contribution in [0.15, 0.2) is 0 Å². The highest BCUT2D eigenvalue weighted by Gasteiger charge is 2.31. The third-order valence-corrected chi connectivity index (χ3v) is 2.55. The summed E-state index contributed by atoms with van der Waals surface area (Å²) in [5, 5.41) is 8.74. The zero-order valence-corrected chi connectivity index (χ0v) is 12.5. The van der Waals surface area contributed by atoms with Gasteiger partial charge in [-0.1, -0.05) is 0 Å². The number of nitrogens with two attached hydrogens (primary N) is 2. The van der Waals surface area contributed by atoms with Gasteiger partial charge < -0.3 is 26.4 Å². The molecule has 0 aliphatic rings. The number of urea groups is 1. The topological polar surface area (TPSA) is 147 Å². The Morgan fingerprint density at radius 3 is 1.71 bits per heavy atom. The Kier molecular flexibility index (Phi) is 6.64. The van der Waals surface area contributed by atoms with E-state index in [1.54, 1.807) is 20.8 Å². The summed E-state index contributed by atoms with van der Waals surface area (Å²) in [5.41, 5.74) is 9.39. The summed E-state index contributed by atoms with van der Waals surface area (Å²) in [6.07, 6.45) is -0.260. The number of nitrogens with zero attached hydrogens (tertiary/aromatic N) is 2. The van der Waals surface area contributed by atoms with Crippen molar-refractivity contribution >= 4 is 23.8 Å². The number of carbonyl (C=O) groups is 4. The number of carbonyl (C=O) groups excluding carboxylic acids is 3. The van der Waals surface area contributed by atoms with Crippen LogP contribution in [0.1, 0.15) is 27.2 Å². The van der Waals surface area contributed by atoms with Crippen LogP contribution >= 0.6 is 0 Å². The average Bonchev–Trinajstić information content (AvgIpc) is 2.24. The zero-order valence-electron chi connectivity index (χ0n) is 12.5. The van der Waals surface area contributed by atoms with Crippen LogP contribution < -0.4 is 11.5 Å². The number of rotatable bonds is 7. The van der Waals surface area contributed by atoms with Crippen molar-refractivity contribution in [1.29, 1.82) is 0 Å². The number of primary amides is 2. The number of amides is 4. The van der Waals surface area contributed by atoms with E-state index in [-0.39, 0.29) is 13.0 Å². The number of carboxylic acid groups (broad SMARTS) is 1. The first-order valence-electron chi connectivity index (χ1n) is 6.30. The van der Waals surface area contributed by atoms with Crippen molar-refractivity contribution in [2.45, 2.75) is 32.7 Å². The van der Waals surface area contributed by atoms with Gasteiger partial charge in [-0.25, -0.2) is 4.79 Å². The summed E-state index contributed by atoms with van der Waals surface area (Å²) in [6.45, 7) is 4.12. The Labute approximate surface area is 122 Å². The monoisotopic (exact) mass is 302 g/mol. The van der Waals surface area contributed by atoms with Gasteiger partial charge in [0.25, 0.3) is 0 Å². The molecule has 9 heteroatoms. The van der Waals surface area contributed by atoms with Crippen molar-refractivity contribution in [2.75, 3.05) is 19.6 Å². The molecular formula is C12H22N4O5. The van der Waals surface area contributed by atoms with E-state index in [1.165, 1.54) is 4.90 Å². The lowest BCUT2D eigenvalue weighted by molar-refractivity contribution is -0.137. The first-order chi connectivity index (χ1) is 9.45. The summed E-state index contributed by atoms with van der Waals surface area (Å²) >= 11 is 0. The van der Waals surface area contributed by atoms with Gasteiger partial charge in [0.1, 0.15) is 13.1 Å². The first-order valence-corrected chi connectivity index (χ1v) is 6.30. The van der Waals surface area contributed by atoms with Crippen LogP contribution in [0.25, 0.3) is 0 Å². The maximum atomic E-state index is 12.4. The van der Waals surface area contributed by atoms with E-state index < -0.39 is 42.4 Å². The van der Waals surface area contributed by atoms with Gasteiger partial charge in [-0.3, -0.25) is 14.4 Å². The van der Waals surface area contributed by atoms with E-state index >= 15 is 0 Å². The minimum absolute atomic E-state index is 0.0638. The van der Waals surface area contributed by atoms with Gasteiger partial charge >= 0.3 is 12.0 Å². The quantitative estimate of drug-likeness (QED) is 0.549. The lowest BCUT2D eigenvalue weighted by Crippen LogP contribution is -2.55. The maximum Gasteiger partial charge on any atom is 0.321 e. The Hall–Kier alpha value is -2.32. The van der Waals surface area contributed by atoms with E-state index in [9.17, 15) is 19.2 Å². The molecule has 0 heterocycles. The molecule has 0 radical (unpaired) electrons. The van der Waals surface area contributed by atoms with Gasteiger partial charge in [0, 0.05) is 12.1 Å². The van der Waals surface area contributed by atoms with Crippen LogP contribution in [0.4, 0.5) is 4.79 Å². The Balaban J connectivity index is 5.22. The molecule has 21 heavy (non-hydrogen) atoms. The van der Waals surface area contributed by atoms with Gasteiger partial charge in [-0.05, 0) is 20.8 Å². The molecule has 0 spiro atoms. The third-order valence-electron chi connectivity index (χ3n) is 2.55. The van der Waals surface area contributed by atoms with E-state index in [1.807, 2.05) is 0 Å². The standard InChI is InChI=1S/C12H22N4O5/c1-12(2,3)16(5-4-10(19)20)11(21)15(6-8(13)17)7-9(14)18/h4-7H2,1-3H3,(H2,13,17)(H2,14,18)(H,19,20). The second kappa shape index (κ2) is 7.46. The molecule has 0 aliphatic carbocycles. The number of carboxylic acids is 1. The van der Waals surface area contributed by atoms with E-state index in [0.29, 0.717) is 0 Å². The van der Waals surface area contributed by atoms with Crippen molar-refractivity contribution < 1.29 is 24.3 Å². The van der Waals surface area contributed by atoms with Crippen LogP contribution in [0.5, 0.6) is 0 Å². The number of hydrogen-bond donors (Lipinski definition) is 3. The molecule has 0 unspecified atom stereocenters. The SMILES string of the molecule is CC(C)(C)N(CCC(=O)O)C(=O)N(CC(N)=O)CC(N)=O. The van der Waals surface area contributed by atoms with E-state index in [0.717, 1.165) is 4.90 Å². The smallest absolute Gasteiger partial charge is 0.321 e. The molecular weight excluding hydrogens is 280 g/mol. The van der Waals surface area contributed by atoms with Gasteiger partial charge in [-0.15, -0.1) is 0 Å². The minimum Gasteiger partial charge on any atom is -0.481 e. The molecule has 0 atom stereocenters. The molecule has 5 N–H and O–H groups in total. The van der Waals surface area contributed by atoms with Crippen LogP contribution in [0.3, 0.4) is 0 Å². The Bertz CT molecular complexity index is 414. The summed E-state index contributed by atoms with van der Waals surface area (Å²) in [4.78, 5) is 47.2. The largest absolute Gasteiger partial charge is 0.481 e. The predicted octanol–water partition coefficient (Wildman–Crippen LogP) is -1.05. The van der Waals surface area contributed by atoms with E-state index in [4.69, 9.17) is 16.6 Å². The molecule has 0 rings (SSSR count). The highest BCUT2D eigenvalue weighted by atomic mass is 16.4. The predicted molar refractivity (Wildman–Crippen MR) is 74.1 cm³/mol. The third kappa shape index (κ3) is 7.14. The van der Waals surface area contributed by atoms with Crippen molar-refractivity contribution in [3.05, 3.63) is 0 Å². The van der Waals surface area contributed by atoms with Crippen LogP contribution in [0.2, 0.25) is 0 Å². The zero-order chi connectivity index (χ0) is 16.8. The molecule has 0 fully saturated rings. The Morgan fingerprint density at radius 1 is 1.00 bits per heavy atom. The van der Waals surface area contributed by atoms with Crippen molar-refractivity contribution in [2.24, 2.45) is 11.5 Å². The molecule has 0 saturated heterocycles. The fraction of sp³-hybridized carbons (Fsp3) is 0.667. The van der Waals surface area contributed by atoms with Crippen molar-refractivity contribution in [1.82, 2.24) is 9.80 Å². The summed E-state index contributed by atoms with van der Waals surface area (Å²) in [7, 11) is 0. The highest BCUT2D eigenvalue weighted by molar-refractivity contribution is 5.87. The van der Waals surface area contributed by atoms with Gasteiger partial charge in [0.2, 0.25) is 11.8 Å². The lowest BCUT2D eigenvalue weighted by atomic mass is 10.1. The normalized spacial score (nSPS) is 10.8. The fourth-order valence-corrected chi connectivity index (χ4v) is 1.66. The molecule has 9 nitrogen and oxygen atoms in total. The average molecular weight is 302 g/mol. The lowest BCUT2D eigenvalue weighted by Gasteiger charge is -2.38. The van der Waals surface area contributed by atoms with E-state index in [2.05, 4.69) is 0 Å². The second-order valence-corrected chi connectivity index (χ2v) is 5.54. The van der Waals surface area contributed by atoms with Crippen molar-refractivity contribution in [3.8, 4) is 0 Å². The molecule has 4 amide bonds. The summed E-state index contributed by atoms with van der Waals surface area (Å²) in [5.74, 6) is -2.65. The second-order valence-electron chi connectivity index (χ2n) is 5.54. The van der Waals surface area contributed by atoms with Crippen LogP contribution in [-0.4, -0.2) is 63.9 Å². The number of aliphatic carboxylic acids is 1. The molecule has 0 aromatic carbocycles. The highest BCUT2D eigenvalue weighted by Crippen LogP contribution is 2.16. The first kappa shape index (κ1) is 18.7. The Morgan fingerprint density at radius 2 is 1.43 bits per heavy atom. The molecule has 0 aliphatic heterocycles. The summed E-state index contributed by atoms with van der Waals surface area (Å²) < 4.78 is 0. The molecule has 0 aromatic heterocycles. The minimum atomic E-state index is -1.06. The number of hydrogen-bond acceptors (Lipinski definition) is 4. The molecule has 0 saturated carbocycles. The van der Waals surface area contributed by atoms with Crippen LogP contribution in [-0.2, 0) is 14.4 Å².